The third kappa shape index (κ3) is 2.87. The summed E-state index contributed by atoms with van der Waals surface area (Å²) in [6, 6.07) is 0. The van der Waals surface area contributed by atoms with Gasteiger partial charge < -0.3 is 9.64 Å². The van der Waals surface area contributed by atoms with Gasteiger partial charge in [-0.15, -0.1) is 11.8 Å². The Morgan fingerprint density at radius 1 is 1.25 bits per heavy atom. The van der Waals surface area contributed by atoms with Crippen LogP contribution in [-0.2, 0) is 4.74 Å². The Morgan fingerprint density at radius 2 is 1.94 bits per heavy atom. The van der Waals surface area contributed by atoms with Gasteiger partial charge in [-0.25, -0.2) is 0 Å². The van der Waals surface area contributed by atoms with Gasteiger partial charge in [0.25, 0.3) is 0 Å². The molecule has 2 rings (SSSR count). The SMILES string of the molecule is CC1SCC(C(=N)N2CCOCC2)SC1C. The first-order chi connectivity index (χ1) is 7.68. The molecule has 0 aromatic rings. The van der Waals surface area contributed by atoms with Crippen LogP contribution in [0.2, 0.25) is 0 Å². The van der Waals surface area contributed by atoms with Crippen molar-refractivity contribution in [2.45, 2.75) is 29.6 Å². The lowest BCUT2D eigenvalue weighted by molar-refractivity contribution is 0.0671. The lowest BCUT2D eigenvalue weighted by Crippen LogP contribution is -2.46. The predicted octanol–water partition coefficient (Wildman–Crippen LogP) is 1.92. The second-order valence-electron chi connectivity index (χ2n) is 4.35. The molecule has 2 aliphatic heterocycles. The van der Waals surface area contributed by atoms with E-state index < -0.39 is 0 Å². The van der Waals surface area contributed by atoms with E-state index in [1.165, 1.54) is 0 Å². The summed E-state index contributed by atoms with van der Waals surface area (Å²) in [6.45, 7) is 7.91. The minimum absolute atomic E-state index is 0.384. The van der Waals surface area contributed by atoms with Crippen LogP contribution in [0.5, 0.6) is 0 Å². The van der Waals surface area contributed by atoms with Crippen molar-refractivity contribution in [3.05, 3.63) is 0 Å². The summed E-state index contributed by atoms with van der Waals surface area (Å²) >= 11 is 3.98. The highest BCUT2D eigenvalue weighted by atomic mass is 32.2. The zero-order valence-electron chi connectivity index (χ0n) is 9.94. The lowest BCUT2D eigenvalue weighted by atomic mass is 10.3. The molecule has 3 atom stereocenters. The van der Waals surface area contributed by atoms with E-state index in [9.17, 15) is 0 Å². The molecule has 2 fully saturated rings. The highest BCUT2D eigenvalue weighted by Gasteiger charge is 2.30. The van der Waals surface area contributed by atoms with E-state index in [0.29, 0.717) is 10.5 Å². The number of morpholine rings is 1. The Bertz CT molecular complexity index is 256. The molecule has 0 amide bonds. The lowest BCUT2D eigenvalue weighted by Gasteiger charge is -2.37. The normalized spacial score (nSPS) is 36.1. The highest BCUT2D eigenvalue weighted by molar-refractivity contribution is 8.08. The molecule has 2 saturated heterocycles. The minimum atomic E-state index is 0.384. The summed E-state index contributed by atoms with van der Waals surface area (Å²) < 4.78 is 5.33. The van der Waals surface area contributed by atoms with E-state index in [0.717, 1.165) is 43.1 Å². The number of nitrogens with one attached hydrogen (secondary N) is 1. The third-order valence-electron chi connectivity index (χ3n) is 3.21. The first kappa shape index (κ1) is 12.6. The van der Waals surface area contributed by atoms with Gasteiger partial charge in [-0.05, 0) is 0 Å². The maximum absolute atomic E-state index is 8.27. The zero-order chi connectivity index (χ0) is 11.5. The summed E-state index contributed by atoms with van der Waals surface area (Å²) in [4.78, 5) is 2.18. The number of thioether (sulfide) groups is 2. The molecule has 0 spiro atoms. The molecule has 5 heteroatoms. The van der Waals surface area contributed by atoms with E-state index in [1.807, 2.05) is 23.5 Å². The fourth-order valence-corrected chi connectivity index (χ4v) is 4.84. The van der Waals surface area contributed by atoms with E-state index >= 15 is 0 Å². The van der Waals surface area contributed by atoms with Crippen LogP contribution >= 0.6 is 23.5 Å². The Labute approximate surface area is 106 Å². The second-order valence-corrected chi connectivity index (χ2v) is 7.35. The minimum Gasteiger partial charge on any atom is -0.378 e. The molecule has 0 bridgehead atoms. The average molecular weight is 260 g/mol. The zero-order valence-corrected chi connectivity index (χ0v) is 11.6. The van der Waals surface area contributed by atoms with Crippen molar-refractivity contribution < 1.29 is 4.74 Å². The Balaban J connectivity index is 1.89. The molecule has 2 heterocycles. The van der Waals surface area contributed by atoms with Gasteiger partial charge >= 0.3 is 0 Å². The summed E-state index contributed by atoms with van der Waals surface area (Å²) in [5, 5.41) is 10.0. The monoisotopic (exact) mass is 260 g/mol. The van der Waals surface area contributed by atoms with Gasteiger partial charge in [0, 0.05) is 29.3 Å². The molecule has 3 unspecified atom stereocenters. The molecular weight excluding hydrogens is 240 g/mol. The molecule has 0 aromatic carbocycles. The summed E-state index contributed by atoms with van der Waals surface area (Å²) in [7, 11) is 0. The van der Waals surface area contributed by atoms with Gasteiger partial charge in [-0.2, -0.15) is 11.8 Å². The van der Waals surface area contributed by atoms with E-state index in [1.54, 1.807) is 0 Å². The Hall–Kier alpha value is 0.130. The van der Waals surface area contributed by atoms with Gasteiger partial charge in [0.1, 0.15) is 5.84 Å². The Morgan fingerprint density at radius 3 is 2.56 bits per heavy atom. The summed E-state index contributed by atoms with van der Waals surface area (Å²) in [6.07, 6.45) is 0. The number of amidine groups is 1. The van der Waals surface area contributed by atoms with Crippen molar-refractivity contribution in [3.8, 4) is 0 Å². The first-order valence-corrected chi connectivity index (χ1v) is 7.86. The molecular formula is C11H20N2OS2. The second kappa shape index (κ2) is 5.65. The molecule has 0 aromatic heterocycles. The number of rotatable bonds is 1. The van der Waals surface area contributed by atoms with Crippen molar-refractivity contribution in [2.75, 3.05) is 32.1 Å². The molecule has 16 heavy (non-hydrogen) atoms. The topological polar surface area (TPSA) is 36.3 Å². The highest BCUT2D eigenvalue weighted by Crippen LogP contribution is 2.36. The van der Waals surface area contributed by atoms with Crippen LogP contribution in [0.3, 0.4) is 0 Å². The molecule has 1 N–H and O–H groups in total. The van der Waals surface area contributed by atoms with Gasteiger partial charge in [0.2, 0.25) is 0 Å². The Kier molecular flexibility index (Phi) is 4.44. The smallest absolute Gasteiger partial charge is 0.110 e. The van der Waals surface area contributed by atoms with E-state index in [4.69, 9.17) is 10.1 Å². The molecule has 0 aliphatic carbocycles. The molecule has 0 radical (unpaired) electrons. The average Bonchev–Trinajstić information content (AvgIpc) is 2.33. The van der Waals surface area contributed by atoms with Crippen LogP contribution in [0, 0.1) is 5.41 Å². The third-order valence-corrected chi connectivity index (χ3v) is 6.61. The quantitative estimate of drug-likeness (QED) is 0.577. The maximum Gasteiger partial charge on any atom is 0.110 e. The van der Waals surface area contributed by atoms with Gasteiger partial charge in [-0.3, -0.25) is 5.41 Å². The van der Waals surface area contributed by atoms with Crippen LogP contribution in [-0.4, -0.2) is 58.5 Å². The maximum atomic E-state index is 8.27. The van der Waals surface area contributed by atoms with E-state index in [-0.39, 0.29) is 0 Å². The van der Waals surface area contributed by atoms with Crippen LogP contribution in [0.1, 0.15) is 13.8 Å². The summed E-state index contributed by atoms with van der Waals surface area (Å²) in [5.41, 5.74) is 0. The number of nitrogens with zero attached hydrogens (tertiary/aromatic N) is 1. The van der Waals surface area contributed by atoms with Crippen molar-refractivity contribution in [2.24, 2.45) is 0 Å². The molecule has 0 saturated carbocycles. The fraction of sp³-hybridized carbons (Fsp3) is 0.909. The molecule has 3 nitrogen and oxygen atoms in total. The number of ether oxygens (including phenoxy) is 1. The standard InChI is InChI=1S/C11H20N2OS2/c1-8-9(2)16-10(7-15-8)11(12)13-3-5-14-6-4-13/h8-10,12H,3-7H2,1-2H3. The van der Waals surface area contributed by atoms with Crippen molar-refractivity contribution in [1.82, 2.24) is 4.90 Å². The van der Waals surface area contributed by atoms with Crippen LogP contribution in [0.4, 0.5) is 0 Å². The van der Waals surface area contributed by atoms with Crippen molar-refractivity contribution in [3.63, 3.8) is 0 Å². The first-order valence-electron chi connectivity index (χ1n) is 5.86. The summed E-state index contributed by atoms with van der Waals surface area (Å²) in [5.74, 6) is 1.91. The number of hydrogen-bond acceptors (Lipinski definition) is 4. The predicted molar refractivity (Wildman–Crippen MR) is 72.9 cm³/mol. The van der Waals surface area contributed by atoms with Crippen LogP contribution in [0.15, 0.2) is 0 Å². The van der Waals surface area contributed by atoms with Crippen LogP contribution < -0.4 is 0 Å². The van der Waals surface area contributed by atoms with Gasteiger partial charge in [0.15, 0.2) is 0 Å². The number of hydrogen-bond donors (Lipinski definition) is 1. The van der Waals surface area contributed by atoms with Crippen molar-refractivity contribution in [1.29, 1.82) is 5.41 Å². The van der Waals surface area contributed by atoms with Crippen LogP contribution in [0.25, 0.3) is 0 Å². The largest absolute Gasteiger partial charge is 0.378 e. The van der Waals surface area contributed by atoms with Gasteiger partial charge in [-0.1, -0.05) is 13.8 Å². The molecule has 92 valence electrons. The fourth-order valence-electron chi connectivity index (χ4n) is 1.93. The van der Waals surface area contributed by atoms with Gasteiger partial charge in [0.05, 0.1) is 18.5 Å². The van der Waals surface area contributed by atoms with E-state index in [2.05, 4.69) is 18.7 Å². The van der Waals surface area contributed by atoms with Crippen molar-refractivity contribution >= 4 is 29.4 Å². The molecule has 2 aliphatic rings.